The molecule has 9 heteroatoms. The van der Waals surface area contributed by atoms with E-state index in [2.05, 4.69) is 11.9 Å². The van der Waals surface area contributed by atoms with Gasteiger partial charge in [0.15, 0.2) is 34.4 Å². The van der Waals surface area contributed by atoms with Crippen molar-refractivity contribution >= 4 is 22.7 Å². The van der Waals surface area contributed by atoms with E-state index in [4.69, 9.17) is 18.6 Å². The number of hydrogen-bond acceptors (Lipinski definition) is 8. The highest BCUT2D eigenvalue weighted by molar-refractivity contribution is 6.16. The molecule has 0 saturated carbocycles. The zero-order valence-corrected chi connectivity index (χ0v) is 23.3. The molecule has 1 atom stereocenters. The van der Waals surface area contributed by atoms with E-state index in [1.54, 1.807) is 60.9 Å². The molecule has 1 aliphatic rings. The molecule has 2 aromatic carbocycles. The van der Waals surface area contributed by atoms with E-state index in [9.17, 15) is 14.7 Å². The van der Waals surface area contributed by atoms with Crippen LogP contribution < -0.4 is 14.2 Å². The van der Waals surface area contributed by atoms with Crippen LogP contribution in [0.5, 0.6) is 17.2 Å². The van der Waals surface area contributed by atoms with E-state index in [0.717, 1.165) is 18.4 Å². The van der Waals surface area contributed by atoms with Crippen LogP contribution in [0.3, 0.4) is 0 Å². The number of pyridine rings is 1. The maximum atomic E-state index is 14.0. The number of hydrogen-bond donors (Lipinski definition) is 1. The molecule has 3 heterocycles. The van der Waals surface area contributed by atoms with Gasteiger partial charge in [-0.05, 0) is 54.8 Å². The number of ether oxygens (including phenoxy) is 3. The molecule has 0 bridgehead atoms. The molecule has 0 radical (unpaired) electrons. The summed E-state index contributed by atoms with van der Waals surface area (Å²) in [6.45, 7) is 4.99. The van der Waals surface area contributed by atoms with Crippen LogP contribution in [-0.2, 0) is 11.3 Å². The lowest BCUT2D eigenvalue weighted by Gasteiger charge is -2.27. The van der Waals surface area contributed by atoms with E-state index >= 15 is 0 Å². The van der Waals surface area contributed by atoms with Crippen LogP contribution in [0.15, 0.2) is 82.7 Å². The molecule has 0 fully saturated rings. The second-order valence-electron chi connectivity index (χ2n) is 9.62. The lowest BCUT2D eigenvalue weighted by atomic mass is 9.94. The van der Waals surface area contributed by atoms with Gasteiger partial charge in [0.2, 0.25) is 5.78 Å². The number of para-hydroxylation sites is 1. The van der Waals surface area contributed by atoms with Crippen molar-refractivity contribution in [3.8, 4) is 17.2 Å². The molecule has 41 heavy (non-hydrogen) atoms. The topological polar surface area (TPSA) is 111 Å². The first-order valence-corrected chi connectivity index (χ1v) is 13.6. The Kier molecular flexibility index (Phi) is 8.24. The first-order valence-electron chi connectivity index (χ1n) is 13.6. The number of methoxy groups -OCH3 is 1. The predicted molar refractivity (Wildman–Crippen MR) is 152 cm³/mol. The number of ketones is 1. The van der Waals surface area contributed by atoms with Gasteiger partial charge in [-0.25, -0.2) is 0 Å². The van der Waals surface area contributed by atoms with Crippen LogP contribution in [0, 0.1) is 0 Å². The lowest BCUT2D eigenvalue weighted by molar-refractivity contribution is -0.130. The number of aromatic nitrogens is 1. The molecule has 1 N–H and O–H groups in total. The number of unbranched alkanes of at least 4 members (excludes halogenated alkanes) is 1. The Morgan fingerprint density at radius 2 is 1.90 bits per heavy atom. The maximum Gasteiger partial charge on any atom is 0.290 e. The van der Waals surface area contributed by atoms with Gasteiger partial charge >= 0.3 is 0 Å². The Balaban J connectivity index is 1.60. The zero-order chi connectivity index (χ0) is 28.9. The monoisotopic (exact) mass is 556 g/mol. The van der Waals surface area contributed by atoms with E-state index in [1.165, 1.54) is 12.0 Å². The summed E-state index contributed by atoms with van der Waals surface area (Å²) in [6.07, 6.45) is 5.15. The molecule has 4 aromatic rings. The lowest BCUT2D eigenvalue weighted by Crippen LogP contribution is -2.30. The summed E-state index contributed by atoms with van der Waals surface area (Å²) in [5.74, 6) is -0.392. The van der Waals surface area contributed by atoms with Crippen LogP contribution in [0.1, 0.15) is 54.4 Å². The second-order valence-corrected chi connectivity index (χ2v) is 9.62. The fourth-order valence-electron chi connectivity index (χ4n) is 4.93. The minimum atomic E-state index is -0.922. The summed E-state index contributed by atoms with van der Waals surface area (Å²) >= 11 is 0. The van der Waals surface area contributed by atoms with Gasteiger partial charge in [0, 0.05) is 24.3 Å². The molecular weight excluding hydrogens is 524 g/mol. The Morgan fingerprint density at radius 1 is 1.05 bits per heavy atom. The molecule has 1 amide bonds. The summed E-state index contributed by atoms with van der Waals surface area (Å²) in [7, 11) is 1.51. The van der Waals surface area contributed by atoms with Crippen LogP contribution in [0.4, 0.5) is 0 Å². The predicted octanol–water partition coefficient (Wildman–Crippen LogP) is 6.19. The van der Waals surface area contributed by atoms with E-state index < -0.39 is 23.5 Å². The molecule has 0 aliphatic carbocycles. The highest BCUT2D eigenvalue weighted by Gasteiger charge is 2.45. The maximum absolute atomic E-state index is 14.0. The average molecular weight is 557 g/mol. The number of Topliss-reactive ketones (excluding diaryl/α,β-unsaturated/α-hetero) is 1. The number of rotatable bonds is 12. The summed E-state index contributed by atoms with van der Waals surface area (Å²) in [4.78, 5) is 33.1. The highest BCUT2D eigenvalue weighted by Crippen LogP contribution is 2.43. The van der Waals surface area contributed by atoms with Crippen molar-refractivity contribution in [3.63, 3.8) is 0 Å². The molecule has 0 spiro atoms. The molecule has 9 nitrogen and oxygen atoms in total. The molecule has 2 aromatic heterocycles. The third-order valence-corrected chi connectivity index (χ3v) is 6.91. The van der Waals surface area contributed by atoms with Gasteiger partial charge in [-0.15, -0.1) is 0 Å². The number of furan rings is 1. The number of benzene rings is 2. The number of fused-ring (bicyclic) bond motifs is 1. The Labute approximate surface area is 238 Å². The van der Waals surface area contributed by atoms with Crippen molar-refractivity contribution in [1.29, 1.82) is 0 Å². The molecule has 212 valence electrons. The Hall–Kier alpha value is -4.79. The number of carbonyl (C=O) groups excluding carboxylic acids is 2. The molecule has 1 unspecified atom stereocenters. The number of amides is 1. The van der Waals surface area contributed by atoms with Crippen molar-refractivity contribution < 1.29 is 33.3 Å². The van der Waals surface area contributed by atoms with Gasteiger partial charge in [0.1, 0.15) is 0 Å². The van der Waals surface area contributed by atoms with Gasteiger partial charge < -0.3 is 28.6 Å². The summed E-state index contributed by atoms with van der Waals surface area (Å²) in [5.41, 5.74) is 1.64. The zero-order valence-electron chi connectivity index (χ0n) is 23.3. The normalized spacial score (nSPS) is 15.0. The number of aliphatic hydroxyl groups is 1. The van der Waals surface area contributed by atoms with Gasteiger partial charge in [-0.3, -0.25) is 14.6 Å². The fraction of sp³-hybridized carbons (Fsp3) is 0.281. The minimum absolute atomic E-state index is 0.0170. The molecule has 5 rings (SSSR count). The average Bonchev–Trinajstić information content (AvgIpc) is 3.53. The fourth-order valence-corrected chi connectivity index (χ4v) is 4.93. The van der Waals surface area contributed by atoms with Gasteiger partial charge in [-0.1, -0.05) is 37.6 Å². The molecular formula is C32H32N2O7. The number of nitrogens with zero attached hydrogens (tertiary/aromatic N) is 2. The third-order valence-electron chi connectivity index (χ3n) is 6.91. The summed E-state index contributed by atoms with van der Waals surface area (Å²) < 4.78 is 23.1. The van der Waals surface area contributed by atoms with E-state index in [-0.39, 0.29) is 17.9 Å². The largest absolute Gasteiger partial charge is 0.503 e. The minimum Gasteiger partial charge on any atom is -0.503 e. The number of carbonyl (C=O) groups is 2. The quantitative estimate of drug-likeness (QED) is 0.162. The van der Waals surface area contributed by atoms with Crippen LogP contribution >= 0.6 is 0 Å². The highest BCUT2D eigenvalue weighted by atomic mass is 16.5. The Bertz CT molecular complexity index is 1590. The number of aliphatic hydroxyl groups excluding tert-OH is 1. The second kappa shape index (κ2) is 12.2. The van der Waals surface area contributed by atoms with Gasteiger partial charge in [-0.2, -0.15) is 0 Å². The van der Waals surface area contributed by atoms with Crippen molar-refractivity contribution in [1.82, 2.24) is 9.88 Å². The standard InChI is InChI=1S/C32H32N2O7/c1-4-6-15-40-23-13-12-21(16-25(23)39-5-2)28-27(30(36)32(37)34(28)19-20-9-8-14-33-18-20)29(35)26-17-22-10-7-11-24(38-3)31(22)41-26/h7-14,16-18,28,36H,4-6,15,19H2,1-3H3. The van der Waals surface area contributed by atoms with Gasteiger partial charge in [0.25, 0.3) is 5.91 Å². The van der Waals surface area contributed by atoms with Crippen LogP contribution in [0.2, 0.25) is 0 Å². The van der Waals surface area contributed by atoms with Crippen molar-refractivity contribution in [2.24, 2.45) is 0 Å². The van der Waals surface area contributed by atoms with E-state index in [1.807, 2.05) is 13.0 Å². The summed E-state index contributed by atoms with van der Waals surface area (Å²) in [5, 5.41) is 11.8. The SMILES string of the molecule is CCCCOc1ccc(C2C(C(=O)c3cc4cccc(OC)c4o3)=C(O)C(=O)N2Cc2cccnc2)cc1OCC. The van der Waals surface area contributed by atoms with Crippen molar-refractivity contribution in [2.75, 3.05) is 20.3 Å². The first kappa shape index (κ1) is 27.8. The van der Waals surface area contributed by atoms with Crippen LogP contribution in [0.25, 0.3) is 11.0 Å². The van der Waals surface area contributed by atoms with Crippen molar-refractivity contribution in [2.45, 2.75) is 39.3 Å². The first-order chi connectivity index (χ1) is 20.0. The summed E-state index contributed by atoms with van der Waals surface area (Å²) in [6, 6.07) is 14.9. The third kappa shape index (κ3) is 5.48. The smallest absolute Gasteiger partial charge is 0.290 e. The molecule has 0 saturated heterocycles. The molecule has 1 aliphatic heterocycles. The van der Waals surface area contributed by atoms with Gasteiger partial charge in [0.05, 0.1) is 31.9 Å². The Morgan fingerprint density at radius 3 is 2.63 bits per heavy atom. The van der Waals surface area contributed by atoms with Crippen LogP contribution in [-0.4, -0.2) is 47.0 Å². The van der Waals surface area contributed by atoms with Crippen molar-refractivity contribution in [3.05, 3.63) is 95.2 Å². The van der Waals surface area contributed by atoms with E-state index in [0.29, 0.717) is 47.0 Å².